The molecule has 1 N–H and O–H groups in total. The van der Waals surface area contributed by atoms with Crippen molar-refractivity contribution in [3.63, 3.8) is 0 Å². The van der Waals surface area contributed by atoms with E-state index in [1.165, 1.54) is 0 Å². The molecule has 2 unspecified atom stereocenters. The second kappa shape index (κ2) is 3.55. The highest BCUT2D eigenvalue weighted by molar-refractivity contribution is 5.12. The number of hydrogen-bond acceptors (Lipinski definition) is 3. The summed E-state index contributed by atoms with van der Waals surface area (Å²) in [5.74, 6) is 0.145. The molecule has 1 fully saturated rings. The molecule has 2 rings (SSSR count). The molecule has 2 atom stereocenters. The van der Waals surface area contributed by atoms with Gasteiger partial charge in [-0.25, -0.2) is 0 Å². The number of nitrogens with one attached hydrogen (secondary N) is 1. The van der Waals surface area contributed by atoms with E-state index in [0.29, 0.717) is 0 Å². The second-order valence-electron chi connectivity index (χ2n) is 3.28. The van der Waals surface area contributed by atoms with Gasteiger partial charge in [0, 0.05) is 12.7 Å². The molecule has 66 valence electrons. The van der Waals surface area contributed by atoms with Gasteiger partial charge in [-0.1, -0.05) is 6.07 Å². The number of aromatic nitrogens is 1. The Kier molecular flexibility index (Phi) is 2.24. The van der Waals surface area contributed by atoms with Crippen molar-refractivity contribution in [2.24, 2.45) is 5.92 Å². The molecule has 3 nitrogen and oxygen atoms in total. The minimum Gasteiger partial charge on any atom is -0.307 e. The monoisotopic (exact) mass is 173 g/mol. The van der Waals surface area contributed by atoms with Crippen molar-refractivity contribution in [3.05, 3.63) is 30.1 Å². The van der Waals surface area contributed by atoms with Gasteiger partial charge < -0.3 is 5.32 Å². The van der Waals surface area contributed by atoms with Crippen LogP contribution in [0.5, 0.6) is 0 Å². The smallest absolute Gasteiger partial charge is 0.0669 e. The van der Waals surface area contributed by atoms with Crippen LogP contribution in [-0.2, 0) is 0 Å². The van der Waals surface area contributed by atoms with Crippen LogP contribution in [0.3, 0.4) is 0 Å². The highest BCUT2D eigenvalue weighted by atomic mass is 15.0. The van der Waals surface area contributed by atoms with Gasteiger partial charge in [-0.15, -0.1) is 0 Å². The molecule has 0 spiro atoms. The fraction of sp³-hybridized carbons (Fsp3) is 0.400. The normalized spacial score (nSPS) is 27.0. The summed E-state index contributed by atoms with van der Waals surface area (Å²) in [5, 5.41) is 12.0. The number of rotatable bonds is 1. The Bertz CT molecular complexity index is 315. The maximum atomic E-state index is 8.72. The van der Waals surface area contributed by atoms with E-state index in [4.69, 9.17) is 5.26 Å². The van der Waals surface area contributed by atoms with E-state index in [-0.39, 0.29) is 12.0 Å². The highest BCUT2D eigenvalue weighted by Gasteiger charge is 2.25. The third-order valence-corrected chi connectivity index (χ3v) is 2.36. The molecule has 0 radical (unpaired) electrons. The van der Waals surface area contributed by atoms with E-state index in [9.17, 15) is 0 Å². The van der Waals surface area contributed by atoms with Crippen LogP contribution in [-0.4, -0.2) is 11.5 Å². The van der Waals surface area contributed by atoms with E-state index in [2.05, 4.69) is 16.4 Å². The molecule has 0 aromatic carbocycles. The van der Waals surface area contributed by atoms with Crippen LogP contribution in [0.4, 0.5) is 0 Å². The Morgan fingerprint density at radius 3 is 3.08 bits per heavy atom. The zero-order valence-corrected chi connectivity index (χ0v) is 7.27. The molecular weight excluding hydrogens is 162 g/mol. The predicted molar refractivity (Wildman–Crippen MR) is 48.7 cm³/mol. The molecule has 1 aromatic heterocycles. The van der Waals surface area contributed by atoms with Crippen molar-refractivity contribution in [3.8, 4) is 6.07 Å². The summed E-state index contributed by atoms with van der Waals surface area (Å²) < 4.78 is 0. The first-order valence-corrected chi connectivity index (χ1v) is 4.44. The minimum absolute atomic E-state index is 0.145. The van der Waals surface area contributed by atoms with E-state index in [0.717, 1.165) is 18.7 Å². The number of nitriles is 1. The van der Waals surface area contributed by atoms with Gasteiger partial charge in [0.1, 0.15) is 0 Å². The van der Waals surface area contributed by atoms with Crippen LogP contribution in [0.1, 0.15) is 18.2 Å². The fourth-order valence-corrected chi connectivity index (χ4v) is 1.64. The zero-order chi connectivity index (χ0) is 9.10. The topological polar surface area (TPSA) is 48.7 Å². The van der Waals surface area contributed by atoms with E-state index < -0.39 is 0 Å². The van der Waals surface area contributed by atoms with Crippen LogP contribution in [0.25, 0.3) is 0 Å². The summed E-state index contributed by atoms with van der Waals surface area (Å²) in [5.41, 5.74) is 1.04. The molecule has 0 aliphatic carbocycles. The van der Waals surface area contributed by atoms with E-state index in [1.54, 1.807) is 6.20 Å². The molecule has 0 bridgehead atoms. The molecule has 0 amide bonds. The van der Waals surface area contributed by atoms with Gasteiger partial charge in [0.2, 0.25) is 0 Å². The molecular formula is C10H11N3. The minimum atomic E-state index is 0.145. The van der Waals surface area contributed by atoms with Gasteiger partial charge in [-0.3, -0.25) is 4.98 Å². The lowest BCUT2D eigenvalue weighted by atomic mass is 10.1. The van der Waals surface area contributed by atoms with Crippen molar-refractivity contribution in [1.82, 2.24) is 10.3 Å². The molecule has 13 heavy (non-hydrogen) atoms. The van der Waals surface area contributed by atoms with Gasteiger partial charge >= 0.3 is 0 Å². The molecule has 3 heteroatoms. The van der Waals surface area contributed by atoms with Crippen LogP contribution in [0, 0.1) is 17.2 Å². The molecule has 1 aliphatic heterocycles. The standard InChI is InChI=1S/C10H11N3/c11-6-8-5-10(13-7-8)9-3-1-2-4-12-9/h1-4,8,10,13H,5,7H2. The third kappa shape index (κ3) is 1.68. The van der Waals surface area contributed by atoms with Crippen LogP contribution >= 0.6 is 0 Å². The summed E-state index contributed by atoms with van der Waals surface area (Å²) in [6.07, 6.45) is 2.67. The van der Waals surface area contributed by atoms with Crippen LogP contribution in [0.15, 0.2) is 24.4 Å². The van der Waals surface area contributed by atoms with Crippen LogP contribution < -0.4 is 5.32 Å². The maximum Gasteiger partial charge on any atom is 0.0669 e. The molecule has 1 saturated heterocycles. The van der Waals surface area contributed by atoms with Gasteiger partial charge in [0.05, 0.1) is 23.7 Å². The lowest BCUT2D eigenvalue weighted by Crippen LogP contribution is -2.14. The predicted octanol–water partition coefficient (Wildman–Crippen LogP) is 1.26. The van der Waals surface area contributed by atoms with Gasteiger partial charge in [0.25, 0.3) is 0 Å². The number of hydrogen-bond donors (Lipinski definition) is 1. The SMILES string of the molecule is N#CC1CNC(c2ccccn2)C1. The van der Waals surface area contributed by atoms with Gasteiger partial charge in [0.15, 0.2) is 0 Å². The highest BCUT2D eigenvalue weighted by Crippen LogP contribution is 2.24. The average molecular weight is 173 g/mol. The number of nitrogens with zero attached hydrogens (tertiary/aromatic N) is 2. The lowest BCUT2D eigenvalue weighted by Gasteiger charge is -2.07. The van der Waals surface area contributed by atoms with Gasteiger partial charge in [-0.05, 0) is 18.6 Å². The first-order chi connectivity index (χ1) is 6.40. The zero-order valence-electron chi connectivity index (χ0n) is 7.27. The Morgan fingerprint density at radius 2 is 2.46 bits per heavy atom. The fourth-order valence-electron chi connectivity index (χ4n) is 1.64. The van der Waals surface area contributed by atoms with Crippen molar-refractivity contribution >= 4 is 0 Å². The second-order valence-corrected chi connectivity index (χ2v) is 3.28. The largest absolute Gasteiger partial charge is 0.307 e. The first kappa shape index (κ1) is 8.21. The molecule has 0 saturated carbocycles. The average Bonchev–Trinajstić information content (AvgIpc) is 2.67. The molecule has 1 aromatic rings. The van der Waals surface area contributed by atoms with E-state index >= 15 is 0 Å². The van der Waals surface area contributed by atoms with E-state index in [1.807, 2.05) is 18.2 Å². The molecule has 2 heterocycles. The summed E-state index contributed by atoms with van der Waals surface area (Å²) >= 11 is 0. The summed E-state index contributed by atoms with van der Waals surface area (Å²) in [6, 6.07) is 8.42. The Hall–Kier alpha value is -1.40. The first-order valence-electron chi connectivity index (χ1n) is 4.44. The summed E-state index contributed by atoms with van der Waals surface area (Å²) in [4.78, 5) is 4.26. The van der Waals surface area contributed by atoms with Crippen molar-refractivity contribution < 1.29 is 0 Å². The Balaban J connectivity index is 2.09. The van der Waals surface area contributed by atoms with Crippen molar-refractivity contribution in [2.45, 2.75) is 12.5 Å². The summed E-state index contributed by atoms with van der Waals surface area (Å²) in [7, 11) is 0. The number of pyridine rings is 1. The van der Waals surface area contributed by atoms with Gasteiger partial charge in [-0.2, -0.15) is 5.26 Å². The maximum absolute atomic E-state index is 8.72. The Morgan fingerprint density at radius 1 is 1.54 bits per heavy atom. The van der Waals surface area contributed by atoms with Crippen molar-refractivity contribution in [1.29, 1.82) is 5.26 Å². The molecule has 1 aliphatic rings. The third-order valence-electron chi connectivity index (χ3n) is 2.36. The van der Waals surface area contributed by atoms with Crippen LogP contribution in [0.2, 0.25) is 0 Å². The summed E-state index contributed by atoms with van der Waals surface area (Å²) in [6.45, 7) is 0.789. The Labute approximate surface area is 77.4 Å². The quantitative estimate of drug-likeness (QED) is 0.695. The van der Waals surface area contributed by atoms with Crippen molar-refractivity contribution in [2.75, 3.05) is 6.54 Å². The lowest BCUT2D eigenvalue weighted by molar-refractivity contribution is 0.620.